The number of esters is 1. The topological polar surface area (TPSA) is 58.6 Å². The van der Waals surface area contributed by atoms with Gasteiger partial charge in [0, 0.05) is 37.0 Å². The van der Waals surface area contributed by atoms with Crippen LogP contribution in [0.4, 0.5) is 5.69 Å². The third-order valence-corrected chi connectivity index (χ3v) is 4.73. The summed E-state index contributed by atoms with van der Waals surface area (Å²) in [7, 11) is 0. The van der Waals surface area contributed by atoms with Gasteiger partial charge in [-0.2, -0.15) is 0 Å². The van der Waals surface area contributed by atoms with Gasteiger partial charge < -0.3 is 15.0 Å². The molecule has 0 saturated carbocycles. The predicted molar refractivity (Wildman–Crippen MR) is 111 cm³/mol. The standard InChI is InChI=1S/C23H26N2O3/c1-2-28-22(26)14-9-18-5-7-19(8-6-18)17-24-23(27)20-10-12-21(13-11-20)25-15-3-4-16-25/h5-14H,2-4,15-17H2,1H3,(H,24,27). The molecule has 0 bridgehead atoms. The van der Waals surface area contributed by atoms with Crippen molar-refractivity contribution in [3.63, 3.8) is 0 Å². The number of ether oxygens (including phenoxy) is 1. The van der Waals surface area contributed by atoms with E-state index in [1.807, 2.05) is 48.5 Å². The Labute approximate surface area is 166 Å². The van der Waals surface area contributed by atoms with Crippen LogP contribution in [0.1, 0.15) is 41.3 Å². The second-order valence-corrected chi connectivity index (χ2v) is 6.75. The molecule has 3 rings (SSSR count). The van der Waals surface area contributed by atoms with Crippen molar-refractivity contribution in [3.05, 3.63) is 71.3 Å². The maximum absolute atomic E-state index is 12.4. The van der Waals surface area contributed by atoms with E-state index in [4.69, 9.17) is 4.74 Å². The summed E-state index contributed by atoms with van der Waals surface area (Å²) in [4.78, 5) is 26.0. The van der Waals surface area contributed by atoms with Crippen molar-refractivity contribution < 1.29 is 14.3 Å². The van der Waals surface area contributed by atoms with Crippen molar-refractivity contribution in [3.8, 4) is 0 Å². The first kappa shape index (κ1) is 19.7. The Kier molecular flexibility index (Phi) is 6.84. The minimum Gasteiger partial charge on any atom is -0.463 e. The fourth-order valence-electron chi connectivity index (χ4n) is 3.18. The molecule has 5 heteroatoms. The summed E-state index contributed by atoms with van der Waals surface area (Å²) in [5, 5.41) is 2.95. The van der Waals surface area contributed by atoms with Gasteiger partial charge in [0.15, 0.2) is 0 Å². The second kappa shape index (κ2) is 9.74. The highest BCUT2D eigenvalue weighted by molar-refractivity contribution is 5.94. The molecule has 0 aromatic heterocycles. The molecular weight excluding hydrogens is 352 g/mol. The van der Waals surface area contributed by atoms with E-state index in [0.717, 1.165) is 24.2 Å². The van der Waals surface area contributed by atoms with Gasteiger partial charge in [-0.3, -0.25) is 4.79 Å². The highest BCUT2D eigenvalue weighted by atomic mass is 16.5. The van der Waals surface area contributed by atoms with Gasteiger partial charge in [-0.05, 0) is 61.2 Å². The third-order valence-electron chi connectivity index (χ3n) is 4.73. The van der Waals surface area contributed by atoms with E-state index in [0.29, 0.717) is 18.7 Å². The van der Waals surface area contributed by atoms with Crippen LogP contribution in [0.3, 0.4) is 0 Å². The van der Waals surface area contributed by atoms with E-state index < -0.39 is 0 Å². The van der Waals surface area contributed by atoms with Crippen molar-refractivity contribution in [2.24, 2.45) is 0 Å². The summed E-state index contributed by atoms with van der Waals surface area (Å²) < 4.78 is 4.85. The van der Waals surface area contributed by atoms with E-state index in [2.05, 4.69) is 10.2 Å². The molecule has 1 fully saturated rings. The maximum Gasteiger partial charge on any atom is 0.330 e. The number of carbonyl (C=O) groups excluding carboxylic acids is 2. The fourth-order valence-corrected chi connectivity index (χ4v) is 3.18. The normalized spacial score (nSPS) is 13.7. The molecule has 0 spiro atoms. The molecule has 1 aliphatic heterocycles. The lowest BCUT2D eigenvalue weighted by molar-refractivity contribution is -0.137. The lowest BCUT2D eigenvalue weighted by Gasteiger charge is -2.17. The van der Waals surface area contributed by atoms with Crippen LogP contribution in [-0.2, 0) is 16.1 Å². The van der Waals surface area contributed by atoms with Crippen molar-refractivity contribution in [1.82, 2.24) is 5.32 Å². The Morgan fingerprint density at radius 2 is 1.71 bits per heavy atom. The van der Waals surface area contributed by atoms with Crippen LogP contribution in [0.2, 0.25) is 0 Å². The van der Waals surface area contributed by atoms with E-state index in [9.17, 15) is 9.59 Å². The van der Waals surface area contributed by atoms with Gasteiger partial charge in [-0.25, -0.2) is 4.79 Å². The molecule has 1 saturated heterocycles. The van der Waals surface area contributed by atoms with E-state index in [1.165, 1.54) is 24.6 Å². The summed E-state index contributed by atoms with van der Waals surface area (Å²) in [6, 6.07) is 15.5. The highest BCUT2D eigenvalue weighted by Crippen LogP contribution is 2.20. The largest absolute Gasteiger partial charge is 0.463 e. The van der Waals surface area contributed by atoms with Gasteiger partial charge in [-0.15, -0.1) is 0 Å². The van der Waals surface area contributed by atoms with Crippen molar-refractivity contribution >= 4 is 23.6 Å². The Morgan fingerprint density at radius 3 is 2.36 bits per heavy atom. The first-order chi connectivity index (χ1) is 13.7. The number of carbonyl (C=O) groups is 2. The maximum atomic E-state index is 12.4. The van der Waals surface area contributed by atoms with Crippen molar-refractivity contribution in [1.29, 1.82) is 0 Å². The van der Waals surface area contributed by atoms with Crippen LogP contribution in [0.15, 0.2) is 54.6 Å². The fraction of sp³-hybridized carbons (Fsp3) is 0.304. The van der Waals surface area contributed by atoms with Gasteiger partial charge >= 0.3 is 5.97 Å². The zero-order valence-electron chi connectivity index (χ0n) is 16.2. The Hall–Kier alpha value is -3.08. The van der Waals surface area contributed by atoms with Crippen LogP contribution in [-0.4, -0.2) is 31.6 Å². The van der Waals surface area contributed by atoms with Gasteiger partial charge in [0.25, 0.3) is 5.91 Å². The smallest absolute Gasteiger partial charge is 0.330 e. The van der Waals surface area contributed by atoms with E-state index in [-0.39, 0.29) is 11.9 Å². The quantitative estimate of drug-likeness (QED) is 0.588. The molecule has 146 valence electrons. The molecule has 2 aromatic rings. The molecule has 1 amide bonds. The van der Waals surface area contributed by atoms with Gasteiger partial charge in [0.2, 0.25) is 0 Å². The van der Waals surface area contributed by atoms with Crippen molar-refractivity contribution in [2.75, 3.05) is 24.6 Å². The number of nitrogens with zero attached hydrogens (tertiary/aromatic N) is 1. The minimum absolute atomic E-state index is 0.0840. The van der Waals surface area contributed by atoms with Crippen molar-refractivity contribution in [2.45, 2.75) is 26.3 Å². The number of nitrogens with one attached hydrogen (secondary N) is 1. The Balaban J connectivity index is 1.50. The molecule has 2 aromatic carbocycles. The molecular formula is C23H26N2O3. The summed E-state index contributed by atoms with van der Waals surface area (Å²) in [5.74, 6) is -0.436. The van der Waals surface area contributed by atoms with Crippen LogP contribution >= 0.6 is 0 Å². The molecule has 1 aliphatic rings. The summed E-state index contributed by atoms with van der Waals surface area (Å²) >= 11 is 0. The number of hydrogen-bond acceptors (Lipinski definition) is 4. The molecule has 0 unspecified atom stereocenters. The van der Waals surface area contributed by atoms with Gasteiger partial charge in [0.05, 0.1) is 6.61 Å². The number of hydrogen-bond donors (Lipinski definition) is 1. The number of rotatable bonds is 7. The lowest BCUT2D eigenvalue weighted by Crippen LogP contribution is -2.23. The predicted octanol–water partition coefficient (Wildman–Crippen LogP) is 3.79. The second-order valence-electron chi connectivity index (χ2n) is 6.75. The zero-order valence-corrected chi connectivity index (χ0v) is 16.2. The van der Waals surface area contributed by atoms with Gasteiger partial charge in [-0.1, -0.05) is 24.3 Å². The number of anilines is 1. The zero-order chi connectivity index (χ0) is 19.8. The van der Waals surface area contributed by atoms with E-state index >= 15 is 0 Å². The average Bonchev–Trinajstić information content (AvgIpc) is 3.26. The first-order valence-electron chi connectivity index (χ1n) is 9.72. The molecule has 0 atom stereocenters. The van der Waals surface area contributed by atoms with Crippen LogP contribution in [0.25, 0.3) is 6.08 Å². The summed E-state index contributed by atoms with van der Waals surface area (Å²) in [6.07, 6.45) is 5.59. The molecule has 1 heterocycles. The SMILES string of the molecule is CCOC(=O)C=Cc1ccc(CNC(=O)c2ccc(N3CCCC3)cc2)cc1. The lowest BCUT2D eigenvalue weighted by atomic mass is 10.1. The number of amides is 1. The molecule has 5 nitrogen and oxygen atoms in total. The molecule has 1 N–H and O–H groups in total. The van der Waals surface area contributed by atoms with Crippen LogP contribution < -0.4 is 10.2 Å². The Morgan fingerprint density at radius 1 is 1.04 bits per heavy atom. The monoisotopic (exact) mass is 378 g/mol. The molecule has 28 heavy (non-hydrogen) atoms. The minimum atomic E-state index is -0.352. The third kappa shape index (κ3) is 5.46. The Bertz CT molecular complexity index is 820. The number of benzene rings is 2. The molecule has 0 radical (unpaired) electrons. The van der Waals surface area contributed by atoms with Gasteiger partial charge in [0.1, 0.15) is 0 Å². The van der Waals surface area contributed by atoms with Crippen LogP contribution in [0.5, 0.6) is 0 Å². The van der Waals surface area contributed by atoms with Crippen LogP contribution in [0, 0.1) is 0 Å². The summed E-state index contributed by atoms with van der Waals surface area (Å²) in [5.41, 5.74) is 3.74. The molecule has 0 aliphatic carbocycles. The highest BCUT2D eigenvalue weighted by Gasteiger charge is 2.13. The summed E-state index contributed by atoms with van der Waals surface area (Å²) in [6.45, 7) is 4.78. The average molecular weight is 378 g/mol. The van der Waals surface area contributed by atoms with E-state index in [1.54, 1.807) is 13.0 Å². The first-order valence-corrected chi connectivity index (χ1v) is 9.72.